The number of aryl methyl sites for hydroxylation is 1. The molecule has 4 heterocycles. The molecule has 0 saturated carbocycles. The van der Waals surface area contributed by atoms with E-state index in [-0.39, 0.29) is 37.4 Å². The Labute approximate surface area is 228 Å². The number of piperidine rings is 2. The monoisotopic (exact) mass is 565 g/mol. The van der Waals surface area contributed by atoms with E-state index in [0.29, 0.717) is 23.2 Å². The number of carbonyl (C=O) groups excluding carboxylic acids is 2. The standard InChI is InChI=1S/C25H33F2N7O2S2/c1-15-21-17(37-23(30-21)28-12-19(35)33(3)16-5-9-32(2)10-6-16)11-18-22(15)31-24(38-18)29-13-20(36)34-8-4-7-25(26,27)14-34/h11,16H,4-10,12-14H2,1-3H3,(H,28,30)(H,29,31). The molecule has 0 radical (unpaired) electrons. The molecule has 2 amide bonds. The summed E-state index contributed by atoms with van der Waals surface area (Å²) in [5, 5.41) is 7.47. The van der Waals surface area contributed by atoms with Crippen LogP contribution >= 0.6 is 22.7 Å². The molecule has 0 bridgehead atoms. The Kier molecular flexibility index (Phi) is 7.70. The summed E-state index contributed by atoms with van der Waals surface area (Å²) >= 11 is 2.90. The van der Waals surface area contributed by atoms with E-state index >= 15 is 0 Å². The number of alkyl halides is 2. The molecule has 2 saturated heterocycles. The van der Waals surface area contributed by atoms with Crippen molar-refractivity contribution >= 4 is 65.2 Å². The quantitative estimate of drug-likeness (QED) is 0.450. The topological polar surface area (TPSA) is 93.7 Å². The smallest absolute Gasteiger partial charge is 0.265 e. The van der Waals surface area contributed by atoms with Gasteiger partial charge in [0.2, 0.25) is 11.8 Å². The van der Waals surface area contributed by atoms with Gasteiger partial charge in [0.1, 0.15) is 0 Å². The maximum absolute atomic E-state index is 13.7. The fraction of sp³-hybridized carbons (Fsp3) is 0.600. The Balaban J connectivity index is 1.21. The van der Waals surface area contributed by atoms with Gasteiger partial charge < -0.3 is 25.3 Å². The molecule has 0 unspecified atom stereocenters. The first-order valence-corrected chi connectivity index (χ1v) is 14.5. The van der Waals surface area contributed by atoms with Crippen molar-refractivity contribution < 1.29 is 18.4 Å². The summed E-state index contributed by atoms with van der Waals surface area (Å²) in [7, 11) is 3.98. The lowest BCUT2D eigenvalue weighted by Gasteiger charge is -2.35. The Morgan fingerprint density at radius 1 is 1.08 bits per heavy atom. The Bertz CT molecular complexity index is 1340. The first kappa shape index (κ1) is 26.9. The third-order valence-electron chi connectivity index (χ3n) is 7.44. The summed E-state index contributed by atoms with van der Waals surface area (Å²) in [6.07, 6.45) is 2.11. The number of nitrogens with zero attached hydrogens (tertiary/aromatic N) is 5. The maximum atomic E-state index is 13.7. The van der Waals surface area contributed by atoms with Crippen LogP contribution in [0.5, 0.6) is 0 Å². The molecule has 2 fully saturated rings. The van der Waals surface area contributed by atoms with Crippen LogP contribution in [0, 0.1) is 6.92 Å². The summed E-state index contributed by atoms with van der Waals surface area (Å²) in [5.74, 6) is -3.12. The van der Waals surface area contributed by atoms with Crippen LogP contribution < -0.4 is 10.6 Å². The third kappa shape index (κ3) is 5.84. The SMILES string of the molecule is Cc1c2nc(NCC(=O)N3CCCC(F)(F)C3)sc2cc2sc(NCC(=O)N(C)C3CCN(C)CC3)nc12. The van der Waals surface area contributed by atoms with E-state index < -0.39 is 12.5 Å². The largest absolute Gasteiger partial charge is 0.352 e. The molecule has 0 aliphatic carbocycles. The molecule has 2 aromatic heterocycles. The van der Waals surface area contributed by atoms with E-state index in [4.69, 9.17) is 4.98 Å². The zero-order valence-electron chi connectivity index (χ0n) is 21.9. The summed E-state index contributed by atoms with van der Waals surface area (Å²) in [4.78, 5) is 39.9. The van der Waals surface area contributed by atoms with Crippen LogP contribution in [0.15, 0.2) is 6.07 Å². The number of hydrogen-bond donors (Lipinski definition) is 2. The lowest BCUT2D eigenvalue weighted by atomic mass is 10.0. The number of anilines is 2. The van der Waals surface area contributed by atoms with Crippen LogP contribution in [0.25, 0.3) is 20.4 Å². The van der Waals surface area contributed by atoms with Gasteiger partial charge in [0.25, 0.3) is 5.92 Å². The van der Waals surface area contributed by atoms with E-state index in [1.807, 2.05) is 24.9 Å². The van der Waals surface area contributed by atoms with Crippen LogP contribution in [0.3, 0.4) is 0 Å². The van der Waals surface area contributed by atoms with Crippen molar-refractivity contribution in [1.29, 1.82) is 0 Å². The van der Waals surface area contributed by atoms with Gasteiger partial charge in [-0.25, -0.2) is 18.7 Å². The molecule has 5 rings (SSSR count). The minimum atomic E-state index is -2.82. The van der Waals surface area contributed by atoms with Gasteiger partial charge in [0.05, 0.1) is 40.1 Å². The second-order valence-electron chi connectivity index (χ2n) is 10.3. The highest BCUT2D eigenvalue weighted by Gasteiger charge is 2.37. The summed E-state index contributed by atoms with van der Waals surface area (Å²) < 4.78 is 29.2. The van der Waals surface area contributed by atoms with Gasteiger partial charge >= 0.3 is 0 Å². The van der Waals surface area contributed by atoms with Gasteiger partial charge in [-0.1, -0.05) is 22.7 Å². The third-order valence-corrected chi connectivity index (χ3v) is 9.36. The zero-order valence-corrected chi connectivity index (χ0v) is 23.5. The van der Waals surface area contributed by atoms with Gasteiger partial charge in [0, 0.05) is 31.6 Å². The van der Waals surface area contributed by atoms with Crippen molar-refractivity contribution in [2.75, 3.05) is 64.0 Å². The average molecular weight is 566 g/mol. The minimum absolute atomic E-state index is 0.0525. The van der Waals surface area contributed by atoms with Crippen LogP contribution in [0.4, 0.5) is 19.0 Å². The van der Waals surface area contributed by atoms with Gasteiger partial charge in [-0.3, -0.25) is 9.59 Å². The van der Waals surface area contributed by atoms with Crippen LogP contribution in [0.1, 0.15) is 31.2 Å². The number of halogens is 2. The molecule has 38 heavy (non-hydrogen) atoms. The number of thiazole rings is 2. The van der Waals surface area contributed by atoms with Gasteiger partial charge in [0.15, 0.2) is 10.3 Å². The normalized spacial score (nSPS) is 18.7. The number of carbonyl (C=O) groups is 2. The maximum Gasteiger partial charge on any atom is 0.265 e. The highest BCUT2D eigenvalue weighted by atomic mass is 32.1. The fourth-order valence-electron chi connectivity index (χ4n) is 5.08. The summed E-state index contributed by atoms with van der Waals surface area (Å²) in [5.41, 5.74) is 2.53. The molecule has 3 aromatic rings. The van der Waals surface area contributed by atoms with E-state index in [1.165, 1.54) is 27.6 Å². The molecule has 0 spiro atoms. The molecule has 9 nitrogen and oxygen atoms in total. The lowest BCUT2D eigenvalue weighted by molar-refractivity contribution is -0.139. The number of amides is 2. The molecule has 2 aliphatic heterocycles. The van der Waals surface area contributed by atoms with E-state index in [2.05, 4.69) is 27.6 Å². The van der Waals surface area contributed by atoms with Crippen LogP contribution in [-0.2, 0) is 9.59 Å². The number of benzene rings is 1. The Morgan fingerprint density at radius 2 is 1.68 bits per heavy atom. The second kappa shape index (κ2) is 10.9. The Morgan fingerprint density at radius 3 is 2.29 bits per heavy atom. The highest BCUT2D eigenvalue weighted by molar-refractivity contribution is 7.24. The highest BCUT2D eigenvalue weighted by Crippen LogP contribution is 2.37. The molecule has 1 aromatic carbocycles. The van der Waals surface area contributed by atoms with Gasteiger partial charge in [-0.2, -0.15) is 0 Å². The Hall–Kier alpha value is -2.64. The first-order valence-electron chi connectivity index (χ1n) is 12.9. The summed E-state index contributed by atoms with van der Waals surface area (Å²) in [6.45, 7) is 3.91. The second-order valence-corrected chi connectivity index (χ2v) is 12.3. The number of likely N-dealkylation sites (tertiary alicyclic amines) is 2. The number of rotatable bonds is 7. The van der Waals surface area contributed by atoms with Crippen LogP contribution in [-0.4, -0.2) is 102 Å². The predicted molar refractivity (Wildman–Crippen MR) is 149 cm³/mol. The van der Waals surface area contributed by atoms with E-state index in [9.17, 15) is 18.4 Å². The van der Waals surface area contributed by atoms with Gasteiger partial charge in [-0.05, 0) is 52.4 Å². The number of aromatic nitrogens is 2. The molecular formula is C25H33F2N7O2S2. The van der Waals surface area contributed by atoms with Crippen molar-refractivity contribution in [2.45, 2.75) is 44.6 Å². The number of nitrogens with one attached hydrogen (secondary N) is 2. The molecule has 2 aliphatic rings. The summed E-state index contributed by atoms with van der Waals surface area (Å²) in [6, 6.07) is 2.29. The average Bonchev–Trinajstić information content (AvgIpc) is 3.49. The molecule has 0 atom stereocenters. The molecule has 13 heteroatoms. The van der Waals surface area contributed by atoms with Crippen molar-refractivity contribution in [1.82, 2.24) is 24.7 Å². The van der Waals surface area contributed by atoms with Crippen LogP contribution in [0.2, 0.25) is 0 Å². The van der Waals surface area contributed by atoms with E-state index in [1.54, 1.807) is 0 Å². The number of fused-ring (bicyclic) bond motifs is 2. The molecule has 2 N–H and O–H groups in total. The zero-order chi connectivity index (χ0) is 27.0. The van der Waals surface area contributed by atoms with Gasteiger partial charge in [-0.15, -0.1) is 0 Å². The van der Waals surface area contributed by atoms with E-state index in [0.717, 1.165) is 51.9 Å². The van der Waals surface area contributed by atoms with Crippen molar-refractivity contribution in [2.24, 2.45) is 0 Å². The van der Waals surface area contributed by atoms with Crippen molar-refractivity contribution in [3.8, 4) is 0 Å². The fourth-order valence-corrected chi connectivity index (χ4v) is 7.08. The van der Waals surface area contributed by atoms with Crippen molar-refractivity contribution in [3.05, 3.63) is 11.6 Å². The lowest BCUT2D eigenvalue weighted by Crippen LogP contribution is -2.47. The number of hydrogen-bond acceptors (Lipinski definition) is 9. The first-order chi connectivity index (χ1) is 18.1. The molecular weight excluding hydrogens is 532 g/mol. The minimum Gasteiger partial charge on any atom is -0.352 e. The molecule has 206 valence electrons. The van der Waals surface area contributed by atoms with Crippen molar-refractivity contribution in [3.63, 3.8) is 0 Å². The predicted octanol–water partition coefficient (Wildman–Crippen LogP) is 3.85. The number of likely N-dealkylation sites (N-methyl/N-ethyl adjacent to an activating group) is 1.